The van der Waals surface area contributed by atoms with Gasteiger partial charge in [-0.2, -0.15) is 5.26 Å². The molecule has 1 unspecified atom stereocenters. The van der Waals surface area contributed by atoms with Gasteiger partial charge < -0.3 is 9.30 Å². The van der Waals surface area contributed by atoms with Crippen molar-refractivity contribution < 1.29 is 13.2 Å². The first kappa shape index (κ1) is 31.7. The molecule has 0 aliphatic rings. The highest BCUT2D eigenvalue weighted by Gasteiger charge is 2.37. The second kappa shape index (κ2) is 11.7. The van der Waals surface area contributed by atoms with Gasteiger partial charge in [-0.05, 0) is 93.2 Å². The fraction of sp³-hybridized carbons (Fsp3) is 0.371. The van der Waals surface area contributed by atoms with Crippen LogP contribution in [0, 0.1) is 32.1 Å². The van der Waals surface area contributed by atoms with E-state index < -0.39 is 23.5 Å². The van der Waals surface area contributed by atoms with Crippen LogP contribution in [-0.2, 0) is 26.9 Å². The summed E-state index contributed by atoms with van der Waals surface area (Å²) in [6.45, 7) is 18.3. The SMILES string of the molecule is CCC(C)(c1c(C)cc(C)c2c1ccn2S(=O)(=O)c1ccc(C)cc1)c1nc2cc(C#N)ccc2n1COCC[Si](C)(C)C. The molecule has 7 nitrogen and oxygen atoms in total. The zero-order valence-electron chi connectivity index (χ0n) is 27.0. The molecule has 0 fully saturated rings. The third-order valence-electron chi connectivity index (χ3n) is 8.75. The van der Waals surface area contributed by atoms with Crippen LogP contribution in [0.15, 0.2) is 65.7 Å². The van der Waals surface area contributed by atoms with Crippen molar-refractivity contribution in [2.75, 3.05) is 6.61 Å². The van der Waals surface area contributed by atoms with Gasteiger partial charge >= 0.3 is 0 Å². The molecule has 1 atom stereocenters. The smallest absolute Gasteiger partial charge is 0.268 e. The molecule has 0 aliphatic carbocycles. The number of hydrogen-bond donors (Lipinski definition) is 0. The van der Waals surface area contributed by atoms with Crippen LogP contribution in [0.2, 0.25) is 25.7 Å². The maximum atomic E-state index is 13.9. The van der Waals surface area contributed by atoms with Crippen LogP contribution in [0.25, 0.3) is 21.9 Å². The maximum absolute atomic E-state index is 13.9. The lowest BCUT2D eigenvalue weighted by Crippen LogP contribution is -2.29. The van der Waals surface area contributed by atoms with Crippen molar-refractivity contribution in [1.82, 2.24) is 13.5 Å². The second-order valence-corrected chi connectivity index (χ2v) is 20.7. The molecule has 44 heavy (non-hydrogen) atoms. The summed E-state index contributed by atoms with van der Waals surface area (Å²) in [6, 6.07) is 19.9. The van der Waals surface area contributed by atoms with E-state index in [-0.39, 0.29) is 4.90 Å². The predicted octanol–water partition coefficient (Wildman–Crippen LogP) is 8.05. The van der Waals surface area contributed by atoms with E-state index in [9.17, 15) is 13.7 Å². The van der Waals surface area contributed by atoms with E-state index >= 15 is 0 Å². The third kappa shape index (κ3) is 5.62. The Morgan fingerprint density at radius 1 is 1.00 bits per heavy atom. The molecule has 0 radical (unpaired) electrons. The van der Waals surface area contributed by atoms with Gasteiger partial charge in [0, 0.05) is 26.3 Å². The molecule has 5 aromatic rings. The molecular formula is C35H42N4O3SSi. The fourth-order valence-corrected chi connectivity index (χ4v) is 8.34. The van der Waals surface area contributed by atoms with Crippen molar-refractivity contribution in [2.45, 2.75) is 83.8 Å². The average molecular weight is 627 g/mol. The topological polar surface area (TPSA) is 89.9 Å². The minimum Gasteiger partial charge on any atom is -0.361 e. The summed E-state index contributed by atoms with van der Waals surface area (Å²) in [5, 5.41) is 10.5. The fourth-order valence-electron chi connectivity index (χ4n) is 6.17. The summed E-state index contributed by atoms with van der Waals surface area (Å²) in [5.41, 5.74) is 6.29. The molecule has 2 heterocycles. The number of benzene rings is 3. The summed E-state index contributed by atoms with van der Waals surface area (Å²) < 4.78 is 37.7. The minimum absolute atomic E-state index is 0.255. The predicted molar refractivity (Wildman–Crippen MR) is 180 cm³/mol. The summed E-state index contributed by atoms with van der Waals surface area (Å²) >= 11 is 0. The first-order valence-electron chi connectivity index (χ1n) is 15.1. The first-order chi connectivity index (χ1) is 20.7. The van der Waals surface area contributed by atoms with Crippen LogP contribution in [-0.4, -0.2) is 36.6 Å². The van der Waals surface area contributed by atoms with E-state index in [1.807, 2.05) is 50.2 Å². The van der Waals surface area contributed by atoms with E-state index in [1.54, 1.807) is 18.3 Å². The number of nitrogens with zero attached hydrogens (tertiary/aromatic N) is 4. The van der Waals surface area contributed by atoms with E-state index in [2.05, 4.69) is 57.1 Å². The third-order valence-corrected chi connectivity index (χ3v) is 12.1. The van der Waals surface area contributed by atoms with E-state index in [1.165, 1.54) is 3.97 Å². The van der Waals surface area contributed by atoms with Crippen molar-refractivity contribution >= 4 is 40.0 Å². The number of fused-ring (bicyclic) bond motifs is 2. The van der Waals surface area contributed by atoms with Gasteiger partial charge in [-0.15, -0.1) is 0 Å². The Morgan fingerprint density at radius 2 is 1.70 bits per heavy atom. The largest absolute Gasteiger partial charge is 0.361 e. The molecule has 2 aromatic heterocycles. The Bertz CT molecular complexity index is 2010. The Hall–Kier alpha value is -3.71. The van der Waals surface area contributed by atoms with Gasteiger partial charge in [-0.3, -0.25) is 0 Å². The molecule has 9 heteroatoms. The van der Waals surface area contributed by atoms with Crippen LogP contribution in [0.3, 0.4) is 0 Å². The highest BCUT2D eigenvalue weighted by atomic mass is 32.2. The normalized spacial score (nSPS) is 13.8. The molecule has 230 valence electrons. The van der Waals surface area contributed by atoms with Gasteiger partial charge in [0.25, 0.3) is 10.0 Å². The lowest BCUT2D eigenvalue weighted by molar-refractivity contribution is 0.0859. The summed E-state index contributed by atoms with van der Waals surface area (Å²) in [7, 11) is -5.10. The molecule has 0 N–H and O–H groups in total. The molecule has 0 bridgehead atoms. The number of rotatable bonds is 10. The molecule has 0 saturated heterocycles. The van der Waals surface area contributed by atoms with Crippen LogP contribution in [0.1, 0.15) is 53.9 Å². The van der Waals surface area contributed by atoms with E-state index in [4.69, 9.17) is 9.72 Å². The van der Waals surface area contributed by atoms with Crippen LogP contribution in [0.5, 0.6) is 0 Å². The number of hydrogen-bond acceptors (Lipinski definition) is 5. The summed E-state index contributed by atoms with van der Waals surface area (Å²) in [4.78, 5) is 5.42. The van der Waals surface area contributed by atoms with Crippen LogP contribution >= 0.6 is 0 Å². The van der Waals surface area contributed by atoms with Crippen molar-refractivity contribution in [3.05, 3.63) is 94.4 Å². The number of ether oxygens (including phenoxy) is 1. The molecule has 5 rings (SSSR count). The van der Waals surface area contributed by atoms with Crippen molar-refractivity contribution in [3.63, 3.8) is 0 Å². The Kier molecular flexibility index (Phi) is 8.40. The lowest BCUT2D eigenvalue weighted by atomic mass is 9.75. The summed E-state index contributed by atoms with van der Waals surface area (Å²) in [6.07, 6.45) is 2.39. The van der Waals surface area contributed by atoms with Gasteiger partial charge in [0.1, 0.15) is 12.6 Å². The molecule has 0 spiro atoms. The van der Waals surface area contributed by atoms with Gasteiger partial charge in [0.2, 0.25) is 0 Å². The molecule has 0 aliphatic heterocycles. The van der Waals surface area contributed by atoms with Gasteiger partial charge in [0.05, 0.1) is 38.5 Å². The number of nitriles is 1. The molecule has 0 amide bonds. The highest BCUT2D eigenvalue weighted by Crippen LogP contribution is 2.43. The zero-order chi connectivity index (χ0) is 32.0. The summed E-state index contributed by atoms with van der Waals surface area (Å²) in [5.74, 6) is 0.834. The van der Waals surface area contributed by atoms with Crippen molar-refractivity contribution in [1.29, 1.82) is 5.26 Å². The Labute approximate surface area is 262 Å². The molecule has 3 aromatic carbocycles. The monoisotopic (exact) mass is 626 g/mol. The Balaban J connectivity index is 1.72. The maximum Gasteiger partial charge on any atom is 0.268 e. The van der Waals surface area contributed by atoms with Gasteiger partial charge in [0.15, 0.2) is 0 Å². The second-order valence-electron chi connectivity index (χ2n) is 13.3. The number of aryl methyl sites for hydroxylation is 3. The number of imidazole rings is 1. The van der Waals surface area contributed by atoms with Crippen LogP contribution in [0.4, 0.5) is 0 Å². The average Bonchev–Trinajstić information content (AvgIpc) is 3.57. The first-order valence-corrected chi connectivity index (χ1v) is 20.3. The van der Waals surface area contributed by atoms with Gasteiger partial charge in [-0.25, -0.2) is 17.4 Å². The lowest BCUT2D eigenvalue weighted by Gasteiger charge is -2.32. The van der Waals surface area contributed by atoms with Crippen LogP contribution < -0.4 is 0 Å². The molecule has 0 saturated carbocycles. The highest BCUT2D eigenvalue weighted by molar-refractivity contribution is 7.90. The van der Waals surface area contributed by atoms with Crippen molar-refractivity contribution in [2.24, 2.45) is 0 Å². The number of aromatic nitrogens is 3. The van der Waals surface area contributed by atoms with E-state index in [0.717, 1.165) is 50.5 Å². The van der Waals surface area contributed by atoms with Gasteiger partial charge in [-0.1, -0.05) is 50.3 Å². The Morgan fingerprint density at radius 3 is 2.34 bits per heavy atom. The minimum atomic E-state index is -3.82. The zero-order valence-corrected chi connectivity index (χ0v) is 28.8. The quantitative estimate of drug-likeness (QED) is 0.116. The molecular weight excluding hydrogens is 585 g/mol. The standard InChI is InChI=1S/C35H42N4O3SSi/c1-9-35(5,34-37-30-21-27(22-36)12-15-31(30)38(34)23-42-18-19-44(6,7)8)32-25(3)20-26(4)33-29(32)16-17-39(33)43(40,41)28-13-10-24(2)11-14-28/h10-17,20-21H,9,18-19,23H2,1-8H3. The van der Waals surface area contributed by atoms with Crippen molar-refractivity contribution in [3.8, 4) is 6.07 Å². The van der Waals surface area contributed by atoms with E-state index in [0.29, 0.717) is 30.8 Å².